The summed E-state index contributed by atoms with van der Waals surface area (Å²) in [6.07, 6.45) is -3.14. The highest BCUT2D eigenvalue weighted by Gasteiger charge is 2.31. The largest absolute Gasteiger partial charge is 0.488 e. The number of hydrogen-bond acceptors (Lipinski definition) is 7. The molecule has 6 rings (SSSR count). The summed E-state index contributed by atoms with van der Waals surface area (Å²) >= 11 is 0. The molecule has 1 aliphatic rings. The average molecular weight is 587 g/mol. The molecule has 0 saturated carbocycles. The molecule has 0 unspecified atom stereocenters. The number of hydrogen-bond donors (Lipinski definition) is 0. The van der Waals surface area contributed by atoms with Crippen LogP contribution >= 0.6 is 0 Å². The number of benzene rings is 4. The summed E-state index contributed by atoms with van der Waals surface area (Å²) in [4.78, 5) is 20.0. The van der Waals surface area contributed by atoms with Crippen molar-refractivity contribution in [3.63, 3.8) is 0 Å². The molecule has 2 heterocycles. The molecule has 0 bridgehead atoms. The van der Waals surface area contributed by atoms with Crippen LogP contribution in [0.1, 0.15) is 16.7 Å². The smallest absolute Gasteiger partial charge is 0.416 e. The first-order valence-corrected chi connectivity index (χ1v) is 13.2. The molecular formula is C32H25F3N4O4. The predicted octanol–water partition coefficient (Wildman–Crippen LogP) is 6.34. The summed E-state index contributed by atoms with van der Waals surface area (Å²) < 4.78 is 58.6. The molecule has 0 N–H and O–H groups in total. The van der Waals surface area contributed by atoms with E-state index in [2.05, 4.69) is 10.1 Å². The lowest BCUT2D eigenvalue weighted by Crippen LogP contribution is -2.20. The van der Waals surface area contributed by atoms with Gasteiger partial charge in [-0.05, 0) is 54.1 Å². The summed E-state index contributed by atoms with van der Waals surface area (Å²) in [5.41, 5.74) is 1.31. The lowest BCUT2D eigenvalue weighted by Gasteiger charge is -2.16. The number of fused-ring (bicyclic) bond motifs is 2. The van der Waals surface area contributed by atoms with Crippen LogP contribution in [0.2, 0.25) is 0 Å². The van der Waals surface area contributed by atoms with E-state index in [-0.39, 0.29) is 30.2 Å². The van der Waals surface area contributed by atoms with Gasteiger partial charge in [0.25, 0.3) is 5.56 Å². The molecule has 1 aliphatic heterocycles. The fourth-order valence-electron chi connectivity index (χ4n) is 4.60. The van der Waals surface area contributed by atoms with Gasteiger partial charge in [0.15, 0.2) is 17.3 Å². The standard InChI is InChI=1S/C32H25F3N4O4/c1-38(2)24-12-11-22(28(16-24)41-18-20-10-13-27-29(14-20)43-19-42-27)17-36-39-30(21-6-5-7-23(15-21)32(33,34)35)37-26-9-4-3-8-25(26)31(39)40/h3-17H,18-19H2,1-2H3. The van der Waals surface area contributed by atoms with E-state index >= 15 is 0 Å². The minimum Gasteiger partial charge on any atom is -0.488 e. The molecule has 43 heavy (non-hydrogen) atoms. The second-order valence-electron chi connectivity index (χ2n) is 9.99. The van der Waals surface area contributed by atoms with Crippen molar-refractivity contribution in [1.82, 2.24) is 9.66 Å². The van der Waals surface area contributed by atoms with E-state index < -0.39 is 17.3 Å². The summed E-state index contributed by atoms with van der Waals surface area (Å²) in [7, 11) is 3.79. The monoisotopic (exact) mass is 586 g/mol. The van der Waals surface area contributed by atoms with Crippen LogP contribution in [0.3, 0.4) is 0 Å². The summed E-state index contributed by atoms with van der Waals surface area (Å²) in [6, 6.07) is 22.3. The topological polar surface area (TPSA) is 78.2 Å². The third-order valence-corrected chi connectivity index (χ3v) is 6.86. The van der Waals surface area contributed by atoms with Crippen molar-refractivity contribution in [2.45, 2.75) is 12.8 Å². The molecule has 0 radical (unpaired) electrons. The molecule has 0 atom stereocenters. The van der Waals surface area contributed by atoms with Gasteiger partial charge < -0.3 is 19.1 Å². The van der Waals surface area contributed by atoms with Crippen LogP contribution in [-0.4, -0.2) is 36.8 Å². The number of rotatable bonds is 7. The molecule has 5 aromatic rings. The highest BCUT2D eigenvalue weighted by molar-refractivity contribution is 5.85. The molecule has 0 amide bonds. The van der Waals surface area contributed by atoms with E-state index in [9.17, 15) is 18.0 Å². The Kier molecular flexibility index (Phi) is 7.22. The van der Waals surface area contributed by atoms with Crippen molar-refractivity contribution in [3.8, 4) is 28.6 Å². The molecule has 0 fully saturated rings. The zero-order chi connectivity index (χ0) is 30.1. The number of alkyl halides is 3. The van der Waals surface area contributed by atoms with E-state index in [0.717, 1.165) is 28.1 Å². The lowest BCUT2D eigenvalue weighted by atomic mass is 10.1. The van der Waals surface area contributed by atoms with Crippen LogP contribution in [0.15, 0.2) is 94.8 Å². The van der Waals surface area contributed by atoms with Crippen LogP contribution in [0, 0.1) is 0 Å². The number of halogens is 3. The molecule has 8 nitrogen and oxygen atoms in total. The van der Waals surface area contributed by atoms with Crippen molar-refractivity contribution >= 4 is 22.8 Å². The molecule has 218 valence electrons. The van der Waals surface area contributed by atoms with E-state index in [0.29, 0.717) is 28.3 Å². The zero-order valence-electron chi connectivity index (χ0n) is 23.1. The van der Waals surface area contributed by atoms with Crippen LogP contribution in [0.4, 0.5) is 18.9 Å². The second-order valence-corrected chi connectivity index (χ2v) is 9.99. The van der Waals surface area contributed by atoms with Gasteiger partial charge in [-0.15, -0.1) is 0 Å². The Morgan fingerprint density at radius 1 is 0.977 bits per heavy atom. The zero-order valence-corrected chi connectivity index (χ0v) is 23.1. The maximum Gasteiger partial charge on any atom is 0.416 e. The number of nitrogens with zero attached hydrogens (tertiary/aromatic N) is 4. The minimum atomic E-state index is -4.57. The van der Waals surface area contributed by atoms with Crippen molar-refractivity contribution < 1.29 is 27.4 Å². The van der Waals surface area contributed by atoms with E-state index in [4.69, 9.17) is 14.2 Å². The maximum atomic E-state index is 13.6. The first-order valence-electron chi connectivity index (χ1n) is 13.2. The molecular weight excluding hydrogens is 561 g/mol. The lowest BCUT2D eigenvalue weighted by molar-refractivity contribution is -0.137. The van der Waals surface area contributed by atoms with Crippen LogP contribution < -0.4 is 24.7 Å². The Bertz CT molecular complexity index is 1920. The SMILES string of the molecule is CN(C)c1ccc(C=Nn2c(-c3cccc(C(F)(F)F)c3)nc3ccccc3c2=O)c(OCc2ccc3c(c2)OCO3)c1. The third-order valence-electron chi connectivity index (χ3n) is 6.86. The summed E-state index contributed by atoms with van der Waals surface area (Å²) in [5.74, 6) is 1.75. The van der Waals surface area contributed by atoms with Gasteiger partial charge >= 0.3 is 6.18 Å². The van der Waals surface area contributed by atoms with Gasteiger partial charge in [-0.25, -0.2) is 4.98 Å². The fraction of sp³-hybridized carbons (Fsp3) is 0.156. The molecule has 0 spiro atoms. The van der Waals surface area contributed by atoms with Crippen LogP contribution in [0.25, 0.3) is 22.3 Å². The second kappa shape index (κ2) is 11.2. The van der Waals surface area contributed by atoms with Gasteiger partial charge in [0, 0.05) is 37.0 Å². The third kappa shape index (κ3) is 5.74. The van der Waals surface area contributed by atoms with Gasteiger partial charge in [0.1, 0.15) is 12.4 Å². The van der Waals surface area contributed by atoms with Crippen molar-refractivity contribution in [2.75, 3.05) is 25.8 Å². The quantitative estimate of drug-likeness (QED) is 0.207. The summed E-state index contributed by atoms with van der Waals surface area (Å²) in [6.45, 7) is 0.373. The summed E-state index contributed by atoms with van der Waals surface area (Å²) in [5, 5.41) is 4.71. The minimum absolute atomic E-state index is 0.0289. The Hall–Kier alpha value is -5.32. The Labute approximate surface area is 244 Å². The Morgan fingerprint density at radius 2 is 1.79 bits per heavy atom. The van der Waals surface area contributed by atoms with Crippen LogP contribution in [0.5, 0.6) is 17.2 Å². The van der Waals surface area contributed by atoms with Crippen molar-refractivity contribution in [3.05, 3.63) is 112 Å². The van der Waals surface area contributed by atoms with Crippen LogP contribution in [-0.2, 0) is 12.8 Å². The van der Waals surface area contributed by atoms with E-state index in [1.54, 1.807) is 30.3 Å². The van der Waals surface area contributed by atoms with Gasteiger partial charge in [-0.2, -0.15) is 22.9 Å². The predicted molar refractivity (Wildman–Crippen MR) is 157 cm³/mol. The maximum absolute atomic E-state index is 13.6. The molecule has 0 aliphatic carbocycles. The Morgan fingerprint density at radius 3 is 2.60 bits per heavy atom. The molecule has 1 aromatic heterocycles. The van der Waals surface area contributed by atoms with E-state index in [1.807, 2.05) is 49.3 Å². The van der Waals surface area contributed by atoms with E-state index in [1.165, 1.54) is 18.3 Å². The first-order chi connectivity index (χ1) is 20.7. The van der Waals surface area contributed by atoms with Gasteiger partial charge in [-0.3, -0.25) is 4.79 Å². The van der Waals surface area contributed by atoms with Gasteiger partial charge in [0.05, 0.1) is 22.7 Å². The molecule has 4 aromatic carbocycles. The fourth-order valence-corrected chi connectivity index (χ4v) is 4.60. The number of aromatic nitrogens is 2. The normalized spacial score (nSPS) is 12.7. The van der Waals surface area contributed by atoms with Crippen molar-refractivity contribution in [2.24, 2.45) is 5.10 Å². The van der Waals surface area contributed by atoms with Gasteiger partial charge in [0.2, 0.25) is 6.79 Å². The molecule has 0 saturated heterocycles. The molecule has 11 heteroatoms. The highest BCUT2D eigenvalue weighted by Crippen LogP contribution is 2.34. The number of ether oxygens (including phenoxy) is 3. The Balaban J connectivity index is 1.41. The first kappa shape index (κ1) is 27.8. The van der Waals surface area contributed by atoms with Crippen molar-refractivity contribution in [1.29, 1.82) is 0 Å². The number of para-hydroxylation sites is 1. The number of anilines is 1. The highest BCUT2D eigenvalue weighted by atomic mass is 19.4. The van der Waals surface area contributed by atoms with Gasteiger partial charge in [-0.1, -0.05) is 30.3 Å². The average Bonchev–Trinajstić information content (AvgIpc) is 3.47.